The molecule has 106 valence electrons. The predicted octanol–water partition coefficient (Wildman–Crippen LogP) is 4.33. The molecule has 0 aliphatic heterocycles. The Hall–Kier alpha value is -0.810. The van der Waals surface area contributed by atoms with Crippen LogP contribution in [0, 0.1) is 0 Å². The molecule has 0 radical (unpaired) electrons. The summed E-state index contributed by atoms with van der Waals surface area (Å²) < 4.78 is 16.5. The van der Waals surface area contributed by atoms with Gasteiger partial charge in [0.1, 0.15) is 0 Å². The number of rotatable bonds is 5. The zero-order valence-electron chi connectivity index (χ0n) is 11.7. The summed E-state index contributed by atoms with van der Waals surface area (Å²) in [5.41, 5.74) is 1.07. The molecule has 5 heteroatoms. The fraction of sp³-hybridized carbons (Fsp3) is 0.500. The highest BCUT2D eigenvalue weighted by Crippen LogP contribution is 2.18. The van der Waals surface area contributed by atoms with Gasteiger partial charge in [-0.1, -0.05) is 55.9 Å². The summed E-state index contributed by atoms with van der Waals surface area (Å²) in [5, 5.41) is -0.366. The van der Waals surface area contributed by atoms with E-state index in [1.165, 1.54) is 0 Å². The van der Waals surface area contributed by atoms with Gasteiger partial charge in [-0.2, -0.15) is 4.36 Å². The van der Waals surface area contributed by atoms with Crippen LogP contribution in [0.5, 0.6) is 0 Å². The molecule has 0 saturated heterocycles. The van der Waals surface area contributed by atoms with Crippen LogP contribution in [-0.4, -0.2) is 20.5 Å². The van der Waals surface area contributed by atoms with E-state index in [0.29, 0.717) is 11.5 Å². The molecule has 0 aliphatic carbocycles. The van der Waals surface area contributed by atoms with Gasteiger partial charge in [-0.25, -0.2) is 4.21 Å². The first-order valence-corrected chi connectivity index (χ1v) is 9.19. The highest BCUT2D eigenvalue weighted by Gasteiger charge is 2.17. The molecule has 19 heavy (non-hydrogen) atoms. The van der Waals surface area contributed by atoms with Gasteiger partial charge >= 0.3 is 5.24 Å². The van der Waals surface area contributed by atoms with E-state index >= 15 is 0 Å². The van der Waals surface area contributed by atoms with Crippen LogP contribution in [-0.2, 0) is 15.5 Å². The number of hydrogen-bond acceptors (Lipinski definition) is 3. The first-order valence-electron chi connectivity index (χ1n) is 6.46. The second-order valence-corrected chi connectivity index (χ2v) is 8.20. The fourth-order valence-electron chi connectivity index (χ4n) is 1.57. The second-order valence-electron chi connectivity index (χ2n) is 4.33. The topological polar surface area (TPSA) is 46.5 Å². The van der Waals surface area contributed by atoms with Gasteiger partial charge in [0, 0.05) is 16.8 Å². The first kappa shape index (κ1) is 16.2. The van der Waals surface area contributed by atoms with E-state index in [2.05, 4.69) is 4.36 Å². The third kappa shape index (κ3) is 4.99. The molecule has 1 aromatic rings. The Labute approximate surface area is 120 Å². The fourth-order valence-corrected chi connectivity index (χ4v) is 4.29. The van der Waals surface area contributed by atoms with E-state index in [1.54, 1.807) is 0 Å². The van der Waals surface area contributed by atoms with E-state index in [1.807, 2.05) is 51.1 Å². The summed E-state index contributed by atoms with van der Waals surface area (Å²) in [5.74, 6) is 1.00. The second kappa shape index (κ2) is 7.70. The Bertz CT molecular complexity index is 520. The molecule has 0 N–H and O–H groups in total. The SMILES string of the molecule is CCC(C)S(=O)(CC)=NC(=O)SCc1ccccc1. The molecule has 0 bridgehead atoms. The molecule has 1 aromatic carbocycles. The van der Waals surface area contributed by atoms with Gasteiger partial charge in [0.25, 0.3) is 0 Å². The van der Waals surface area contributed by atoms with Gasteiger partial charge in [-0.15, -0.1) is 0 Å². The Morgan fingerprint density at radius 1 is 1.32 bits per heavy atom. The molecule has 1 amide bonds. The van der Waals surface area contributed by atoms with Gasteiger partial charge in [0.2, 0.25) is 0 Å². The smallest absolute Gasteiger partial charge is 0.259 e. The van der Waals surface area contributed by atoms with Gasteiger partial charge in [-0.3, -0.25) is 4.79 Å². The van der Waals surface area contributed by atoms with E-state index in [4.69, 9.17) is 0 Å². The largest absolute Gasteiger partial charge is 0.313 e. The molecule has 1 rings (SSSR count). The maximum Gasteiger partial charge on any atom is 0.313 e. The van der Waals surface area contributed by atoms with Crippen LogP contribution in [0.4, 0.5) is 4.79 Å². The Morgan fingerprint density at radius 2 is 1.95 bits per heavy atom. The lowest BCUT2D eigenvalue weighted by Crippen LogP contribution is -2.19. The lowest BCUT2D eigenvalue weighted by molar-refractivity contribution is 0.267. The maximum atomic E-state index is 12.5. The lowest BCUT2D eigenvalue weighted by Gasteiger charge is -2.13. The highest BCUT2D eigenvalue weighted by atomic mass is 32.2. The molecule has 2 atom stereocenters. The lowest BCUT2D eigenvalue weighted by atomic mass is 10.2. The number of benzene rings is 1. The zero-order valence-corrected chi connectivity index (χ0v) is 13.3. The van der Waals surface area contributed by atoms with Gasteiger partial charge < -0.3 is 0 Å². The molecule has 0 aromatic heterocycles. The molecule has 0 heterocycles. The van der Waals surface area contributed by atoms with Crippen LogP contribution in [0.1, 0.15) is 32.8 Å². The number of nitrogens with zero attached hydrogens (tertiary/aromatic N) is 1. The van der Waals surface area contributed by atoms with Crippen molar-refractivity contribution in [2.75, 3.05) is 5.75 Å². The van der Waals surface area contributed by atoms with Gasteiger partial charge in [0.15, 0.2) is 0 Å². The molecule has 0 fully saturated rings. The summed E-state index contributed by atoms with van der Waals surface area (Å²) >= 11 is 1.11. The van der Waals surface area contributed by atoms with Crippen LogP contribution in [0.3, 0.4) is 0 Å². The van der Waals surface area contributed by atoms with Crippen LogP contribution in [0.15, 0.2) is 34.7 Å². The van der Waals surface area contributed by atoms with Crippen LogP contribution in [0.2, 0.25) is 0 Å². The minimum Gasteiger partial charge on any atom is -0.259 e. The summed E-state index contributed by atoms with van der Waals surface area (Å²) in [7, 11) is -2.40. The van der Waals surface area contributed by atoms with E-state index < -0.39 is 9.73 Å². The molecule has 2 unspecified atom stereocenters. The van der Waals surface area contributed by atoms with Crippen molar-refractivity contribution in [1.29, 1.82) is 0 Å². The summed E-state index contributed by atoms with van der Waals surface area (Å²) in [6.45, 7) is 5.69. The maximum absolute atomic E-state index is 12.5. The van der Waals surface area contributed by atoms with Crippen molar-refractivity contribution in [3.63, 3.8) is 0 Å². The first-order chi connectivity index (χ1) is 9.01. The Morgan fingerprint density at radius 3 is 2.47 bits per heavy atom. The Balaban J connectivity index is 2.70. The number of carbonyl (C=O) groups excluding carboxylic acids is 1. The van der Waals surface area contributed by atoms with Crippen molar-refractivity contribution in [3.05, 3.63) is 35.9 Å². The van der Waals surface area contributed by atoms with Crippen molar-refractivity contribution in [3.8, 4) is 0 Å². The van der Waals surface area contributed by atoms with Crippen LogP contribution < -0.4 is 0 Å². The van der Waals surface area contributed by atoms with Crippen molar-refractivity contribution < 1.29 is 9.00 Å². The third-order valence-corrected chi connectivity index (χ3v) is 6.88. The zero-order chi connectivity index (χ0) is 14.3. The molecule has 3 nitrogen and oxygen atoms in total. The number of hydrogen-bond donors (Lipinski definition) is 0. The van der Waals surface area contributed by atoms with Crippen molar-refractivity contribution in [2.45, 2.75) is 38.2 Å². The standard InChI is InChI=1S/C14H21NO2S2/c1-4-12(3)19(17,5-2)15-14(16)18-11-13-9-7-6-8-10-13/h6-10,12H,4-5,11H2,1-3H3. The number of amides is 1. The molecule has 0 aliphatic rings. The predicted molar refractivity (Wildman–Crippen MR) is 84.0 cm³/mol. The summed E-state index contributed by atoms with van der Waals surface area (Å²) in [6.07, 6.45) is 0.771. The minimum absolute atomic E-state index is 0.0428. The van der Waals surface area contributed by atoms with Gasteiger partial charge in [-0.05, 0) is 18.9 Å². The summed E-state index contributed by atoms with van der Waals surface area (Å²) in [4.78, 5) is 11.8. The monoisotopic (exact) mass is 299 g/mol. The molecule has 0 spiro atoms. The van der Waals surface area contributed by atoms with Crippen molar-refractivity contribution >= 4 is 26.7 Å². The average Bonchev–Trinajstić information content (AvgIpc) is 2.45. The van der Waals surface area contributed by atoms with Crippen LogP contribution in [0.25, 0.3) is 0 Å². The van der Waals surface area contributed by atoms with Crippen molar-refractivity contribution in [1.82, 2.24) is 0 Å². The molecular weight excluding hydrogens is 278 g/mol. The van der Waals surface area contributed by atoms with Crippen LogP contribution >= 0.6 is 11.8 Å². The minimum atomic E-state index is -2.40. The average molecular weight is 299 g/mol. The quantitative estimate of drug-likeness (QED) is 0.813. The third-order valence-electron chi connectivity index (χ3n) is 3.05. The highest BCUT2D eigenvalue weighted by molar-refractivity contribution is 8.13. The Kier molecular flexibility index (Phi) is 6.58. The van der Waals surface area contributed by atoms with E-state index in [9.17, 15) is 9.00 Å². The molecular formula is C14H21NO2S2. The van der Waals surface area contributed by atoms with E-state index in [-0.39, 0.29) is 10.5 Å². The number of thioether (sulfide) groups is 1. The van der Waals surface area contributed by atoms with E-state index in [0.717, 1.165) is 23.7 Å². The summed E-state index contributed by atoms with van der Waals surface area (Å²) in [6, 6.07) is 9.74. The van der Waals surface area contributed by atoms with Gasteiger partial charge in [0.05, 0.1) is 9.73 Å². The molecule has 0 saturated carbocycles. The normalized spacial score (nSPS) is 15.5. The van der Waals surface area contributed by atoms with Crippen molar-refractivity contribution in [2.24, 2.45) is 4.36 Å². The number of carbonyl (C=O) groups is 1.